The molecule has 0 radical (unpaired) electrons. The number of carboxylic acids is 1. The number of carbonyl (C=O) groups excluding carboxylic acids is 3. The van der Waals surface area contributed by atoms with Crippen LogP contribution < -0.4 is 16.4 Å². The van der Waals surface area contributed by atoms with Crippen LogP contribution in [0.15, 0.2) is 42.9 Å². The molecule has 0 fully saturated rings. The van der Waals surface area contributed by atoms with Gasteiger partial charge in [0, 0.05) is 52.5 Å². The molecule has 4 rings (SSSR count). The first kappa shape index (κ1) is 25.1. The van der Waals surface area contributed by atoms with E-state index in [0.29, 0.717) is 22.8 Å². The van der Waals surface area contributed by atoms with E-state index < -0.39 is 17.7 Å². The number of nitrogens with two attached hydrogens (primary N) is 1. The summed E-state index contributed by atoms with van der Waals surface area (Å²) in [4.78, 5) is 50.3. The monoisotopic (exact) mass is 505 g/mol. The van der Waals surface area contributed by atoms with Crippen LogP contribution in [-0.2, 0) is 28.2 Å². The first-order valence-corrected chi connectivity index (χ1v) is 11.2. The lowest BCUT2D eigenvalue weighted by molar-refractivity contribution is 0.0687. The standard InChI is InChI=1S/C25H27N7O5/c1-13-19(20(26)21(25(36)37)32(13)5)22(33)17-9-14(11-30(17)3)28-24(35)18-10-15(12-31(18)4)27-23(34)16-7-6-8-29(16)2/h6-12H,26H2,1-5H3,(H,27,34)(H,28,35)(H,36,37). The van der Waals surface area contributed by atoms with Gasteiger partial charge in [0.1, 0.15) is 11.4 Å². The van der Waals surface area contributed by atoms with Gasteiger partial charge < -0.3 is 39.7 Å². The summed E-state index contributed by atoms with van der Waals surface area (Å²) in [7, 11) is 6.60. The van der Waals surface area contributed by atoms with Gasteiger partial charge >= 0.3 is 5.97 Å². The fourth-order valence-corrected chi connectivity index (χ4v) is 4.31. The first-order chi connectivity index (χ1) is 17.4. The highest BCUT2D eigenvalue weighted by Gasteiger charge is 2.28. The van der Waals surface area contributed by atoms with Crippen molar-refractivity contribution in [2.24, 2.45) is 28.2 Å². The summed E-state index contributed by atoms with van der Waals surface area (Å²) in [6.07, 6.45) is 4.95. The lowest BCUT2D eigenvalue weighted by Crippen LogP contribution is -2.15. The Morgan fingerprint density at radius 3 is 1.89 bits per heavy atom. The van der Waals surface area contributed by atoms with Crippen LogP contribution in [0.25, 0.3) is 0 Å². The fraction of sp³-hybridized carbons (Fsp3) is 0.200. The predicted molar refractivity (Wildman–Crippen MR) is 137 cm³/mol. The number of aryl methyl sites for hydroxylation is 3. The van der Waals surface area contributed by atoms with Crippen LogP contribution in [-0.4, -0.2) is 46.9 Å². The maximum Gasteiger partial charge on any atom is 0.354 e. The second-order valence-electron chi connectivity index (χ2n) is 8.78. The molecule has 37 heavy (non-hydrogen) atoms. The summed E-state index contributed by atoms with van der Waals surface area (Å²) in [6, 6.07) is 6.49. The van der Waals surface area contributed by atoms with Crippen LogP contribution in [0.1, 0.15) is 53.2 Å². The molecule has 0 unspecified atom stereocenters. The van der Waals surface area contributed by atoms with Crippen LogP contribution in [0.5, 0.6) is 0 Å². The molecule has 12 heteroatoms. The summed E-state index contributed by atoms with van der Waals surface area (Å²) in [5, 5.41) is 15.0. The Morgan fingerprint density at radius 1 is 0.838 bits per heavy atom. The van der Waals surface area contributed by atoms with Crippen LogP contribution in [0.3, 0.4) is 0 Å². The average molecular weight is 506 g/mol. The van der Waals surface area contributed by atoms with E-state index in [1.54, 1.807) is 74.0 Å². The third-order valence-corrected chi connectivity index (χ3v) is 6.32. The van der Waals surface area contributed by atoms with Crippen molar-refractivity contribution in [3.05, 3.63) is 76.9 Å². The van der Waals surface area contributed by atoms with Crippen molar-refractivity contribution in [1.82, 2.24) is 18.3 Å². The number of carbonyl (C=O) groups is 4. The van der Waals surface area contributed by atoms with Crippen molar-refractivity contribution in [2.45, 2.75) is 6.92 Å². The minimum absolute atomic E-state index is 0.0972. The number of anilines is 3. The number of hydrogen-bond acceptors (Lipinski definition) is 5. The average Bonchev–Trinajstić information content (AvgIpc) is 3.55. The van der Waals surface area contributed by atoms with Crippen molar-refractivity contribution in [3.8, 4) is 0 Å². The first-order valence-electron chi connectivity index (χ1n) is 11.2. The molecule has 0 aliphatic heterocycles. The Morgan fingerprint density at radius 2 is 1.38 bits per heavy atom. The van der Waals surface area contributed by atoms with Crippen molar-refractivity contribution >= 4 is 40.6 Å². The number of aromatic carboxylic acids is 1. The highest BCUT2D eigenvalue weighted by molar-refractivity contribution is 6.15. The molecular formula is C25H27N7O5. The van der Waals surface area contributed by atoms with E-state index in [0.717, 1.165) is 0 Å². The molecule has 0 saturated carbocycles. The Bertz CT molecular complexity index is 1580. The summed E-state index contributed by atoms with van der Waals surface area (Å²) in [5.41, 5.74) is 8.04. The molecule has 0 aliphatic rings. The molecule has 4 aromatic heterocycles. The van der Waals surface area contributed by atoms with E-state index in [2.05, 4.69) is 10.6 Å². The Hall–Kier alpha value is -5.00. The van der Waals surface area contributed by atoms with Gasteiger partial charge in [0.25, 0.3) is 11.8 Å². The zero-order valence-electron chi connectivity index (χ0n) is 21.0. The number of amides is 2. The summed E-state index contributed by atoms with van der Waals surface area (Å²) in [5.74, 6) is -2.46. The highest BCUT2D eigenvalue weighted by atomic mass is 16.4. The van der Waals surface area contributed by atoms with Crippen LogP contribution in [0.4, 0.5) is 17.1 Å². The summed E-state index contributed by atoms with van der Waals surface area (Å²) in [6.45, 7) is 1.62. The van der Waals surface area contributed by atoms with E-state index in [1.807, 2.05) is 0 Å². The third kappa shape index (κ3) is 4.40. The second kappa shape index (κ2) is 9.22. The van der Waals surface area contributed by atoms with E-state index in [4.69, 9.17) is 5.73 Å². The van der Waals surface area contributed by atoms with Crippen molar-refractivity contribution in [2.75, 3.05) is 16.4 Å². The van der Waals surface area contributed by atoms with Gasteiger partial charge in [-0.2, -0.15) is 0 Å². The Kier molecular flexibility index (Phi) is 6.26. The zero-order valence-corrected chi connectivity index (χ0v) is 21.0. The van der Waals surface area contributed by atoms with E-state index >= 15 is 0 Å². The van der Waals surface area contributed by atoms with Gasteiger partial charge in [-0.05, 0) is 31.2 Å². The molecule has 4 aromatic rings. The second-order valence-corrected chi connectivity index (χ2v) is 8.78. The fourth-order valence-electron chi connectivity index (χ4n) is 4.31. The largest absolute Gasteiger partial charge is 0.477 e. The topological polar surface area (TPSA) is 158 Å². The summed E-state index contributed by atoms with van der Waals surface area (Å²) >= 11 is 0. The Balaban J connectivity index is 1.54. The van der Waals surface area contributed by atoms with Crippen LogP contribution in [0, 0.1) is 6.92 Å². The smallest absolute Gasteiger partial charge is 0.354 e. The minimum Gasteiger partial charge on any atom is -0.477 e. The van der Waals surface area contributed by atoms with E-state index in [9.17, 15) is 24.3 Å². The molecule has 0 aromatic carbocycles. The molecule has 0 spiro atoms. The molecule has 5 N–H and O–H groups in total. The molecular weight excluding hydrogens is 478 g/mol. The van der Waals surface area contributed by atoms with Crippen molar-refractivity contribution < 1.29 is 24.3 Å². The number of nitrogens with zero attached hydrogens (tertiary/aromatic N) is 4. The number of aromatic nitrogens is 4. The lowest BCUT2D eigenvalue weighted by Gasteiger charge is -2.04. The Labute approximate surface area is 211 Å². The highest BCUT2D eigenvalue weighted by Crippen LogP contribution is 2.28. The number of ketones is 1. The normalized spacial score (nSPS) is 10.9. The zero-order chi connectivity index (χ0) is 27.2. The minimum atomic E-state index is -1.23. The van der Waals surface area contributed by atoms with Crippen molar-refractivity contribution in [3.63, 3.8) is 0 Å². The molecule has 12 nitrogen and oxygen atoms in total. The van der Waals surface area contributed by atoms with Gasteiger partial charge in [-0.15, -0.1) is 0 Å². The van der Waals surface area contributed by atoms with Gasteiger partial charge in [-0.1, -0.05) is 0 Å². The lowest BCUT2D eigenvalue weighted by atomic mass is 10.1. The molecule has 2 amide bonds. The molecule has 4 heterocycles. The van der Waals surface area contributed by atoms with Gasteiger partial charge in [-0.25, -0.2) is 4.79 Å². The molecule has 0 saturated heterocycles. The van der Waals surface area contributed by atoms with Gasteiger partial charge in [0.05, 0.1) is 28.3 Å². The third-order valence-electron chi connectivity index (χ3n) is 6.32. The van der Waals surface area contributed by atoms with Crippen LogP contribution >= 0.6 is 0 Å². The van der Waals surface area contributed by atoms with Gasteiger partial charge in [0.15, 0.2) is 5.69 Å². The quantitative estimate of drug-likeness (QED) is 0.282. The van der Waals surface area contributed by atoms with Crippen LogP contribution in [0.2, 0.25) is 0 Å². The number of carboxylic acid groups (broad SMARTS) is 1. The summed E-state index contributed by atoms with van der Waals surface area (Å²) < 4.78 is 6.15. The molecule has 0 aliphatic carbocycles. The maximum absolute atomic E-state index is 13.3. The van der Waals surface area contributed by atoms with Gasteiger partial charge in [0.2, 0.25) is 5.78 Å². The number of hydrogen-bond donors (Lipinski definition) is 4. The molecule has 0 bridgehead atoms. The molecule has 0 atom stereocenters. The van der Waals surface area contributed by atoms with E-state index in [1.165, 1.54) is 22.2 Å². The SMILES string of the molecule is Cc1c(C(=O)c2cc(NC(=O)c3cc(NC(=O)c4cccn4C)cn3C)cn2C)c(N)c(C(=O)O)n1C. The van der Waals surface area contributed by atoms with Gasteiger partial charge in [-0.3, -0.25) is 14.4 Å². The maximum atomic E-state index is 13.3. The number of nitrogens with one attached hydrogen (secondary N) is 2. The number of rotatable bonds is 7. The predicted octanol–water partition coefficient (Wildman–Crippen LogP) is 2.37. The van der Waals surface area contributed by atoms with E-state index in [-0.39, 0.29) is 34.2 Å². The van der Waals surface area contributed by atoms with Crippen molar-refractivity contribution in [1.29, 1.82) is 0 Å². The molecule has 192 valence electrons. The number of nitrogen functional groups attached to an aromatic ring is 1.